The molecule has 0 saturated carbocycles. The zero-order chi connectivity index (χ0) is 18.7. The molecule has 9 nitrogen and oxygen atoms in total. The van der Waals surface area contributed by atoms with Crippen LogP contribution in [0.4, 0.5) is 5.69 Å². The van der Waals surface area contributed by atoms with Crippen LogP contribution in [0.15, 0.2) is 54.5 Å². The lowest BCUT2D eigenvalue weighted by Crippen LogP contribution is -2.18. The average molecular weight is 373 g/mol. The van der Waals surface area contributed by atoms with Crippen molar-refractivity contribution in [3.63, 3.8) is 0 Å². The zero-order valence-electron chi connectivity index (χ0n) is 13.8. The Morgan fingerprint density at radius 1 is 1.38 bits per heavy atom. The van der Waals surface area contributed by atoms with Gasteiger partial charge in [0, 0.05) is 12.4 Å². The fourth-order valence-corrected chi connectivity index (χ4v) is 3.22. The number of anilines is 1. The van der Waals surface area contributed by atoms with Crippen LogP contribution in [0.25, 0.3) is 5.78 Å². The summed E-state index contributed by atoms with van der Waals surface area (Å²) >= 11 is 0. The molecule has 0 saturated heterocycles. The molecule has 0 aliphatic rings. The van der Waals surface area contributed by atoms with Crippen molar-refractivity contribution in [2.24, 2.45) is 0 Å². The quantitative estimate of drug-likeness (QED) is 0.515. The van der Waals surface area contributed by atoms with E-state index in [1.165, 1.54) is 29.1 Å². The van der Waals surface area contributed by atoms with E-state index < -0.39 is 21.1 Å². The van der Waals surface area contributed by atoms with E-state index in [0.29, 0.717) is 5.56 Å². The van der Waals surface area contributed by atoms with Gasteiger partial charge in [0.15, 0.2) is 0 Å². The molecule has 26 heavy (non-hydrogen) atoms. The highest BCUT2D eigenvalue weighted by atomic mass is 32.2. The van der Waals surface area contributed by atoms with E-state index in [2.05, 4.69) is 26.4 Å². The molecule has 134 valence electrons. The smallest absolute Gasteiger partial charge is 0.340 e. The first-order chi connectivity index (χ1) is 12.4. The molecule has 0 aliphatic carbocycles. The van der Waals surface area contributed by atoms with Crippen LogP contribution >= 0.6 is 0 Å². The van der Waals surface area contributed by atoms with Gasteiger partial charge in [0.05, 0.1) is 11.3 Å². The highest BCUT2D eigenvalue weighted by Crippen LogP contribution is 2.24. The number of aryl methyl sites for hydroxylation is 1. The number of nitrogens with one attached hydrogen (secondary N) is 1. The number of benzene rings is 1. The first kappa shape index (κ1) is 17.5. The molecule has 2 aromatic heterocycles. The van der Waals surface area contributed by atoms with Crippen molar-refractivity contribution in [1.82, 2.24) is 19.6 Å². The minimum Gasteiger partial charge on any atom is -0.458 e. The Morgan fingerprint density at radius 3 is 2.92 bits per heavy atom. The average Bonchev–Trinajstić information content (AvgIpc) is 3.06. The zero-order valence-corrected chi connectivity index (χ0v) is 14.6. The number of sulfonamides is 1. The van der Waals surface area contributed by atoms with Crippen molar-refractivity contribution in [1.29, 1.82) is 0 Å². The summed E-state index contributed by atoms with van der Waals surface area (Å²) in [7, 11) is -4.14. The van der Waals surface area contributed by atoms with Gasteiger partial charge in [-0.3, -0.25) is 4.72 Å². The van der Waals surface area contributed by atoms with Crippen LogP contribution < -0.4 is 4.72 Å². The lowest BCUT2D eigenvalue weighted by Gasteiger charge is -2.13. The van der Waals surface area contributed by atoms with E-state index >= 15 is 0 Å². The van der Waals surface area contributed by atoms with Crippen molar-refractivity contribution in [2.45, 2.75) is 12.1 Å². The number of nitrogens with zero attached hydrogens (tertiary/aromatic N) is 4. The molecule has 0 atom stereocenters. The van der Waals surface area contributed by atoms with Gasteiger partial charge in [-0.25, -0.2) is 14.3 Å². The second kappa shape index (κ2) is 6.92. The summed E-state index contributed by atoms with van der Waals surface area (Å²) in [5.74, 6) is -0.529. The highest BCUT2D eigenvalue weighted by Gasteiger charge is 2.25. The third-order valence-electron chi connectivity index (χ3n) is 3.40. The minimum atomic E-state index is -4.14. The monoisotopic (exact) mass is 373 g/mol. The number of para-hydroxylation sites is 1. The van der Waals surface area contributed by atoms with Gasteiger partial charge in [-0.05, 0) is 24.6 Å². The van der Waals surface area contributed by atoms with Gasteiger partial charge in [0.2, 0.25) is 0 Å². The number of hydrogen-bond donors (Lipinski definition) is 1. The van der Waals surface area contributed by atoms with Crippen LogP contribution in [0, 0.1) is 6.92 Å². The molecule has 3 aromatic rings. The summed E-state index contributed by atoms with van der Waals surface area (Å²) in [6, 6.07) is 6.36. The van der Waals surface area contributed by atoms with Gasteiger partial charge in [0.25, 0.3) is 21.0 Å². The van der Waals surface area contributed by atoms with Gasteiger partial charge in [-0.2, -0.15) is 13.4 Å². The van der Waals surface area contributed by atoms with E-state index in [1.807, 2.05) is 0 Å². The minimum absolute atomic E-state index is 0.0125. The first-order valence-corrected chi connectivity index (χ1v) is 8.98. The molecule has 1 aromatic carbocycles. The predicted octanol–water partition coefficient (Wildman–Crippen LogP) is 1.58. The highest BCUT2D eigenvalue weighted by molar-refractivity contribution is 7.92. The van der Waals surface area contributed by atoms with E-state index in [9.17, 15) is 13.2 Å². The van der Waals surface area contributed by atoms with E-state index in [4.69, 9.17) is 4.74 Å². The summed E-state index contributed by atoms with van der Waals surface area (Å²) in [5.41, 5.74) is 0.731. The third kappa shape index (κ3) is 3.40. The van der Waals surface area contributed by atoms with E-state index in [-0.39, 0.29) is 23.6 Å². The fraction of sp³-hybridized carbons (Fsp3) is 0.125. The number of rotatable bonds is 6. The van der Waals surface area contributed by atoms with Crippen LogP contribution in [-0.2, 0) is 14.8 Å². The van der Waals surface area contributed by atoms with Crippen LogP contribution in [0.5, 0.6) is 0 Å². The molecule has 0 spiro atoms. The molecule has 0 amide bonds. The Balaban J connectivity index is 1.99. The molecule has 0 unspecified atom stereocenters. The van der Waals surface area contributed by atoms with E-state index in [0.717, 1.165) is 0 Å². The lowest BCUT2D eigenvalue weighted by molar-refractivity contribution is 0.0551. The number of fused-ring (bicyclic) bond motifs is 1. The summed E-state index contributed by atoms with van der Waals surface area (Å²) in [6.45, 7) is 5.15. The molecule has 0 bridgehead atoms. The number of esters is 1. The van der Waals surface area contributed by atoms with Crippen LogP contribution in [0.1, 0.15) is 15.9 Å². The van der Waals surface area contributed by atoms with Gasteiger partial charge < -0.3 is 4.74 Å². The molecule has 0 fully saturated rings. The molecule has 2 heterocycles. The first-order valence-electron chi connectivity index (χ1n) is 7.50. The largest absolute Gasteiger partial charge is 0.458 e. The number of hydrogen-bond acceptors (Lipinski definition) is 7. The SMILES string of the molecule is C=CCOC(=O)c1cccc(C)c1NS(=O)(=O)c1nc2ncccn2n1. The third-order valence-corrected chi connectivity index (χ3v) is 4.53. The maximum atomic E-state index is 12.7. The van der Waals surface area contributed by atoms with Crippen molar-refractivity contribution in [3.8, 4) is 0 Å². The maximum absolute atomic E-state index is 12.7. The predicted molar refractivity (Wildman–Crippen MR) is 93.2 cm³/mol. The molecule has 3 rings (SSSR count). The van der Waals surface area contributed by atoms with Crippen molar-refractivity contribution in [2.75, 3.05) is 11.3 Å². The van der Waals surface area contributed by atoms with Crippen molar-refractivity contribution < 1.29 is 17.9 Å². The summed E-state index contributed by atoms with van der Waals surface area (Å²) in [4.78, 5) is 20.0. The molecule has 0 aliphatic heterocycles. The Labute approximate surface area is 149 Å². The number of carbonyl (C=O) groups excluding carboxylic acids is 1. The number of ether oxygens (including phenoxy) is 1. The maximum Gasteiger partial charge on any atom is 0.340 e. The van der Waals surface area contributed by atoms with Gasteiger partial charge in [0.1, 0.15) is 6.61 Å². The van der Waals surface area contributed by atoms with Gasteiger partial charge in [-0.15, -0.1) is 5.10 Å². The topological polar surface area (TPSA) is 116 Å². The molecular weight excluding hydrogens is 358 g/mol. The molecule has 0 radical (unpaired) electrons. The Morgan fingerprint density at radius 2 is 2.19 bits per heavy atom. The lowest BCUT2D eigenvalue weighted by atomic mass is 10.1. The number of aromatic nitrogens is 4. The van der Waals surface area contributed by atoms with Crippen molar-refractivity contribution in [3.05, 3.63) is 60.4 Å². The van der Waals surface area contributed by atoms with Crippen LogP contribution in [-0.4, -0.2) is 40.6 Å². The van der Waals surface area contributed by atoms with Crippen LogP contribution in [0.3, 0.4) is 0 Å². The van der Waals surface area contributed by atoms with Crippen molar-refractivity contribution >= 4 is 27.5 Å². The Hall–Kier alpha value is -3.27. The van der Waals surface area contributed by atoms with Crippen LogP contribution in [0.2, 0.25) is 0 Å². The van der Waals surface area contributed by atoms with Gasteiger partial charge >= 0.3 is 5.97 Å². The summed E-state index contributed by atoms with van der Waals surface area (Å²) in [6.07, 6.45) is 4.42. The second-order valence-corrected chi connectivity index (χ2v) is 6.82. The summed E-state index contributed by atoms with van der Waals surface area (Å²) < 4.78 is 33.9. The normalized spacial score (nSPS) is 11.3. The number of carbonyl (C=O) groups is 1. The Bertz CT molecular complexity index is 1060. The molecular formula is C16H15N5O4S. The fourth-order valence-electron chi connectivity index (χ4n) is 2.19. The summed E-state index contributed by atoms with van der Waals surface area (Å²) in [5, 5.41) is 3.44. The standard InChI is InChI=1S/C16H15N5O4S/c1-3-10-25-14(22)12-7-4-6-11(2)13(12)20-26(23,24)16-18-15-17-8-5-9-21(15)19-16/h3-9,20H,1,10H2,2H3. The molecule has 10 heteroatoms. The van der Waals surface area contributed by atoms with Gasteiger partial charge in [-0.1, -0.05) is 24.8 Å². The second-order valence-electron chi connectivity index (χ2n) is 5.25. The molecule has 1 N–H and O–H groups in total. The van der Waals surface area contributed by atoms with E-state index in [1.54, 1.807) is 25.1 Å². The Kier molecular flexibility index (Phi) is 4.67.